The highest BCUT2D eigenvalue weighted by molar-refractivity contribution is 6.32. The Hall–Kier alpha value is -1.20. The van der Waals surface area contributed by atoms with Gasteiger partial charge in [0.25, 0.3) is 0 Å². The van der Waals surface area contributed by atoms with Crippen LogP contribution in [0.3, 0.4) is 0 Å². The first-order chi connectivity index (χ1) is 8.28. The van der Waals surface area contributed by atoms with Crippen molar-refractivity contribution in [2.45, 2.75) is 33.3 Å². The van der Waals surface area contributed by atoms with Crippen LogP contribution in [-0.2, 0) is 0 Å². The van der Waals surface area contributed by atoms with E-state index in [4.69, 9.17) is 11.6 Å². The Balaban J connectivity index is 3.24. The quantitative estimate of drug-likeness (QED) is 0.654. The van der Waals surface area contributed by atoms with Gasteiger partial charge in [0.1, 0.15) is 16.8 Å². The number of halogens is 1. The lowest BCUT2D eigenvalue weighted by Crippen LogP contribution is -2.39. The number of carbonyl (C=O) groups excluding carboxylic acids is 1. The van der Waals surface area contributed by atoms with Crippen LogP contribution >= 0.6 is 11.6 Å². The Labute approximate surface area is 112 Å². The standard InChI is InChI=1S/C12H18ClN3O2/c1-5-16(7-12(3,4)18)11-9(6-17)10(13)14-8(2)15-11/h6,18H,5,7H2,1-4H3. The molecule has 0 bridgehead atoms. The molecule has 0 aromatic carbocycles. The predicted molar refractivity (Wildman–Crippen MR) is 71.4 cm³/mol. The predicted octanol–water partition coefficient (Wildman–Crippen LogP) is 1.85. The molecule has 0 radical (unpaired) electrons. The van der Waals surface area contributed by atoms with Crippen LogP contribution in [0, 0.1) is 6.92 Å². The monoisotopic (exact) mass is 271 g/mol. The summed E-state index contributed by atoms with van der Waals surface area (Å²) in [5.41, 5.74) is -0.630. The number of rotatable bonds is 5. The lowest BCUT2D eigenvalue weighted by Gasteiger charge is -2.29. The number of aryl methyl sites for hydroxylation is 1. The van der Waals surface area contributed by atoms with E-state index in [2.05, 4.69) is 9.97 Å². The molecule has 0 aliphatic heterocycles. The second-order valence-electron chi connectivity index (χ2n) is 4.74. The van der Waals surface area contributed by atoms with Crippen molar-refractivity contribution in [3.05, 3.63) is 16.5 Å². The minimum Gasteiger partial charge on any atom is -0.389 e. The number of carbonyl (C=O) groups is 1. The van der Waals surface area contributed by atoms with Gasteiger partial charge in [0, 0.05) is 13.1 Å². The van der Waals surface area contributed by atoms with Gasteiger partial charge in [0.05, 0.1) is 11.2 Å². The molecule has 1 heterocycles. The van der Waals surface area contributed by atoms with E-state index >= 15 is 0 Å². The molecule has 100 valence electrons. The average Bonchev–Trinajstić information content (AvgIpc) is 2.23. The molecule has 1 aromatic heterocycles. The number of anilines is 1. The highest BCUT2D eigenvalue weighted by Crippen LogP contribution is 2.24. The van der Waals surface area contributed by atoms with E-state index in [1.54, 1.807) is 20.8 Å². The third-order valence-corrected chi connectivity index (χ3v) is 2.66. The third kappa shape index (κ3) is 3.65. The molecule has 6 heteroatoms. The number of aldehydes is 1. The Kier molecular flexibility index (Phi) is 4.65. The Morgan fingerprint density at radius 2 is 2.06 bits per heavy atom. The van der Waals surface area contributed by atoms with Gasteiger partial charge in [0.15, 0.2) is 6.29 Å². The first-order valence-electron chi connectivity index (χ1n) is 5.75. The van der Waals surface area contributed by atoms with Crippen molar-refractivity contribution < 1.29 is 9.90 Å². The maximum atomic E-state index is 11.1. The molecule has 1 rings (SSSR count). The Morgan fingerprint density at radius 3 is 2.50 bits per heavy atom. The molecule has 0 spiro atoms. The third-order valence-electron chi connectivity index (χ3n) is 2.37. The molecule has 1 N–H and O–H groups in total. The molecule has 5 nitrogen and oxygen atoms in total. The van der Waals surface area contributed by atoms with Crippen molar-refractivity contribution in [1.82, 2.24) is 9.97 Å². The number of likely N-dealkylation sites (N-methyl/N-ethyl adjacent to an activating group) is 1. The van der Waals surface area contributed by atoms with Crippen molar-refractivity contribution in [2.24, 2.45) is 0 Å². The molecule has 0 atom stereocenters. The van der Waals surface area contributed by atoms with E-state index in [1.165, 1.54) is 0 Å². The number of aliphatic hydroxyl groups is 1. The molecule has 0 unspecified atom stereocenters. The van der Waals surface area contributed by atoms with Crippen molar-refractivity contribution in [3.8, 4) is 0 Å². The van der Waals surface area contributed by atoms with Gasteiger partial charge < -0.3 is 10.0 Å². The number of aromatic nitrogens is 2. The van der Waals surface area contributed by atoms with Gasteiger partial charge in [-0.15, -0.1) is 0 Å². The van der Waals surface area contributed by atoms with E-state index in [9.17, 15) is 9.90 Å². The normalized spacial score (nSPS) is 11.4. The highest BCUT2D eigenvalue weighted by atomic mass is 35.5. The number of hydrogen-bond donors (Lipinski definition) is 1. The van der Waals surface area contributed by atoms with Crippen LogP contribution < -0.4 is 4.90 Å². The SMILES string of the molecule is CCN(CC(C)(C)O)c1nc(C)nc(Cl)c1C=O. The molecule has 0 amide bonds. The molecule has 0 fully saturated rings. The summed E-state index contributed by atoms with van der Waals surface area (Å²) in [6.07, 6.45) is 0.643. The van der Waals surface area contributed by atoms with Gasteiger partial charge in [-0.3, -0.25) is 4.79 Å². The topological polar surface area (TPSA) is 66.3 Å². The summed E-state index contributed by atoms with van der Waals surface area (Å²) in [5.74, 6) is 0.960. The highest BCUT2D eigenvalue weighted by Gasteiger charge is 2.22. The van der Waals surface area contributed by atoms with E-state index < -0.39 is 5.60 Å². The van der Waals surface area contributed by atoms with Gasteiger partial charge in [-0.2, -0.15) is 0 Å². The van der Waals surface area contributed by atoms with Crippen LogP contribution in [0.1, 0.15) is 37.0 Å². The zero-order valence-electron chi connectivity index (χ0n) is 11.1. The van der Waals surface area contributed by atoms with Gasteiger partial charge in [-0.1, -0.05) is 11.6 Å². The second-order valence-corrected chi connectivity index (χ2v) is 5.10. The molecule has 0 aliphatic carbocycles. The summed E-state index contributed by atoms with van der Waals surface area (Å²) in [6, 6.07) is 0. The summed E-state index contributed by atoms with van der Waals surface area (Å²) < 4.78 is 0. The Morgan fingerprint density at radius 1 is 1.44 bits per heavy atom. The summed E-state index contributed by atoms with van der Waals surface area (Å²) in [4.78, 5) is 21.1. The zero-order valence-corrected chi connectivity index (χ0v) is 11.8. The maximum Gasteiger partial charge on any atom is 0.156 e. The van der Waals surface area contributed by atoms with Crippen molar-refractivity contribution in [3.63, 3.8) is 0 Å². The minimum atomic E-state index is -0.887. The molecular formula is C12H18ClN3O2. The molecule has 0 saturated carbocycles. The summed E-state index contributed by atoms with van der Waals surface area (Å²) in [5, 5.41) is 10.0. The van der Waals surface area contributed by atoms with E-state index in [1.807, 2.05) is 11.8 Å². The van der Waals surface area contributed by atoms with E-state index in [0.29, 0.717) is 31.0 Å². The van der Waals surface area contributed by atoms with Crippen LogP contribution in [0.25, 0.3) is 0 Å². The summed E-state index contributed by atoms with van der Waals surface area (Å²) in [6.45, 7) is 8.00. The van der Waals surface area contributed by atoms with Crippen LogP contribution in [0.15, 0.2) is 0 Å². The molecule has 0 saturated heterocycles. The van der Waals surface area contributed by atoms with Gasteiger partial charge in [-0.05, 0) is 27.7 Å². The maximum absolute atomic E-state index is 11.1. The van der Waals surface area contributed by atoms with Crippen molar-refractivity contribution in [2.75, 3.05) is 18.0 Å². The zero-order chi connectivity index (χ0) is 13.9. The van der Waals surface area contributed by atoms with Gasteiger partial charge >= 0.3 is 0 Å². The van der Waals surface area contributed by atoms with Crippen LogP contribution in [0.4, 0.5) is 5.82 Å². The van der Waals surface area contributed by atoms with Gasteiger partial charge in [0.2, 0.25) is 0 Å². The molecule has 0 aliphatic rings. The molecule has 18 heavy (non-hydrogen) atoms. The average molecular weight is 272 g/mol. The van der Waals surface area contributed by atoms with Crippen LogP contribution in [0.2, 0.25) is 5.15 Å². The fraction of sp³-hybridized carbons (Fsp3) is 0.583. The fourth-order valence-corrected chi connectivity index (χ4v) is 1.93. The van der Waals surface area contributed by atoms with Crippen molar-refractivity contribution in [1.29, 1.82) is 0 Å². The number of nitrogens with zero attached hydrogens (tertiary/aromatic N) is 3. The first kappa shape index (κ1) is 14.9. The fourth-order valence-electron chi connectivity index (χ4n) is 1.68. The summed E-state index contributed by atoms with van der Waals surface area (Å²) >= 11 is 5.94. The van der Waals surface area contributed by atoms with Crippen molar-refractivity contribution >= 4 is 23.7 Å². The van der Waals surface area contributed by atoms with Crippen LogP contribution in [0.5, 0.6) is 0 Å². The minimum absolute atomic E-state index is 0.140. The van der Waals surface area contributed by atoms with E-state index in [-0.39, 0.29) is 10.7 Å². The Bertz CT molecular complexity index is 444. The van der Waals surface area contributed by atoms with E-state index in [0.717, 1.165) is 0 Å². The second kappa shape index (κ2) is 5.63. The van der Waals surface area contributed by atoms with Gasteiger partial charge in [-0.25, -0.2) is 9.97 Å². The molecular weight excluding hydrogens is 254 g/mol. The van der Waals surface area contributed by atoms with Crippen LogP contribution in [-0.4, -0.2) is 40.1 Å². The largest absolute Gasteiger partial charge is 0.389 e. The smallest absolute Gasteiger partial charge is 0.156 e. The summed E-state index contributed by atoms with van der Waals surface area (Å²) in [7, 11) is 0. The lowest BCUT2D eigenvalue weighted by molar-refractivity contribution is 0.0872. The lowest BCUT2D eigenvalue weighted by atomic mass is 10.1. The first-order valence-corrected chi connectivity index (χ1v) is 6.13. The number of hydrogen-bond acceptors (Lipinski definition) is 5. The molecule has 1 aromatic rings.